The molecule has 0 saturated heterocycles. The number of methoxy groups -OCH3 is 1. The lowest BCUT2D eigenvalue weighted by Crippen LogP contribution is -2.29. The van der Waals surface area contributed by atoms with E-state index in [2.05, 4.69) is 0 Å². The van der Waals surface area contributed by atoms with Gasteiger partial charge in [0.2, 0.25) is 0 Å². The number of carboxylic acids is 1. The van der Waals surface area contributed by atoms with Gasteiger partial charge in [-0.05, 0) is 42.0 Å². The smallest absolute Gasteiger partial charge is 0.191 e. The molecule has 3 rings (SSSR count). The molecule has 0 spiro atoms. The number of carboxylic acid groups (broad SMARTS) is 1. The first-order chi connectivity index (χ1) is 12.5. The molecular weight excluding hydrogens is 359 g/mol. The lowest BCUT2D eigenvalue weighted by atomic mass is 10.0. The lowest BCUT2D eigenvalue weighted by molar-refractivity contribution is -0.307. The van der Waals surface area contributed by atoms with Gasteiger partial charge in [0, 0.05) is 21.8 Å². The number of Topliss-reactive ketones (excluding diaryl/α,β-unsaturated/α-hetero) is 1. The highest BCUT2D eigenvalue weighted by atomic mass is 32.2. The molecule has 7 heteroatoms. The summed E-state index contributed by atoms with van der Waals surface area (Å²) in [4.78, 5) is 23.9. The van der Waals surface area contributed by atoms with Crippen LogP contribution in [0.25, 0.3) is 6.08 Å². The zero-order valence-electron chi connectivity index (χ0n) is 13.8. The summed E-state index contributed by atoms with van der Waals surface area (Å²) < 4.78 is 23.7. The number of fused-ring (bicyclic) bond motifs is 1. The summed E-state index contributed by atoms with van der Waals surface area (Å²) in [5.41, 5.74) is 1.58. The summed E-state index contributed by atoms with van der Waals surface area (Å²) in [6, 6.07) is 9.06. The minimum absolute atomic E-state index is 0.213. The van der Waals surface area contributed by atoms with Crippen LogP contribution in [-0.2, 0) is 4.79 Å². The monoisotopic (exact) mass is 373 g/mol. The van der Waals surface area contributed by atoms with Crippen LogP contribution in [0.3, 0.4) is 0 Å². The molecule has 26 heavy (non-hydrogen) atoms. The fourth-order valence-electron chi connectivity index (χ4n) is 2.54. The maximum Gasteiger partial charge on any atom is 0.191 e. The Labute approximate surface area is 153 Å². The zero-order chi connectivity index (χ0) is 18.7. The molecule has 0 atom stereocenters. The van der Waals surface area contributed by atoms with Crippen molar-refractivity contribution in [2.24, 2.45) is 0 Å². The van der Waals surface area contributed by atoms with Crippen molar-refractivity contribution in [1.82, 2.24) is 0 Å². The van der Waals surface area contributed by atoms with E-state index in [9.17, 15) is 19.1 Å². The normalized spacial score (nSPS) is 14.8. The average Bonchev–Trinajstić information content (AvgIpc) is 2.63. The van der Waals surface area contributed by atoms with Crippen LogP contribution in [0, 0.1) is 5.82 Å². The Morgan fingerprint density at radius 1 is 1.27 bits per heavy atom. The van der Waals surface area contributed by atoms with E-state index in [1.807, 2.05) is 0 Å². The van der Waals surface area contributed by atoms with E-state index < -0.39 is 18.4 Å². The van der Waals surface area contributed by atoms with Gasteiger partial charge in [-0.25, -0.2) is 4.39 Å². The number of carbonyl (C=O) groups is 2. The van der Waals surface area contributed by atoms with Crippen molar-refractivity contribution in [3.05, 3.63) is 58.9 Å². The molecule has 0 aromatic heterocycles. The summed E-state index contributed by atoms with van der Waals surface area (Å²) >= 11 is 1.47. The first-order valence-corrected chi connectivity index (χ1v) is 8.65. The molecule has 1 aliphatic heterocycles. The Balaban J connectivity index is 1.88. The molecule has 0 fully saturated rings. The van der Waals surface area contributed by atoms with Gasteiger partial charge < -0.3 is 19.4 Å². The molecule has 2 aromatic rings. The van der Waals surface area contributed by atoms with E-state index in [-0.39, 0.29) is 11.5 Å². The van der Waals surface area contributed by atoms with Gasteiger partial charge in [0.25, 0.3) is 0 Å². The third-order valence-corrected chi connectivity index (χ3v) is 4.86. The van der Waals surface area contributed by atoms with Crippen LogP contribution >= 0.6 is 11.8 Å². The number of hydrogen-bond acceptors (Lipinski definition) is 6. The van der Waals surface area contributed by atoms with Crippen molar-refractivity contribution in [3.63, 3.8) is 0 Å². The number of thioether (sulfide) groups is 1. The van der Waals surface area contributed by atoms with Crippen LogP contribution in [0.5, 0.6) is 11.5 Å². The minimum atomic E-state index is -1.34. The van der Waals surface area contributed by atoms with Crippen molar-refractivity contribution >= 4 is 29.6 Å². The second-order valence-corrected chi connectivity index (χ2v) is 6.52. The van der Waals surface area contributed by atoms with Crippen molar-refractivity contribution in [2.75, 3.05) is 19.5 Å². The van der Waals surface area contributed by atoms with Gasteiger partial charge >= 0.3 is 0 Å². The summed E-state index contributed by atoms with van der Waals surface area (Å²) in [7, 11) is 1.43. The highest BCUT2D eigenvalue weighted by Crippen LogP contribution is 2.35. The predicted octanol–water partition coefficient (Wildman–Crippen LogP) is 2.34. The van der Waals surface area contributed by atoms with Crippen molar-refractivity contribution in [1.29, 1.82) is 0 Å². The van der Waals surface area contributed by atoms with Gasteiger partial charge in [0.15, 0.2) is 17.3 Å². The molecule has 2 aromatic carbocycles. The van der Waals surface area contributed by atoms with Crippen LogP contribution in [0.1, 0.15) is 15.9 Å². The van der Waals surface area contributed by atoms with Crippen molar-refractivity contribution in [2.45, 2.75) is 4.90 Å². The number of ether oxygens (including phenoxy) is 2. The Morgan fingerprint density at radius 2 is 2.08 bits per heavy atom. The largest absolute Gasteiger partial charge is 0.546 e. The molecule has 0 aliphatic carbocycles. The maximum atomic E-state index is 13.4. The number of halogens is 1. The van der Waals surface area contributed by atoms with Gasteiger partial charge in [0.1, 0.15) is 12.4 Å². The standard InChI is InChI=1S/C19H15FO5S/c1-24-16-7-11(2-4-15(16)25-9-18(21)22)6-12-10-26-17-5-3-13(20)8-14(17)19(12)23/h2-8H,9-10H2,1H3,(H,21,22)/p-1/b12-6+. The quantitative estimate of drug-likeness (QED) is 0.749. The Kier molecular flexibility index (Phi) is 5.27. The van der Waals surface area contributed by atoms with Crippen LogP contribution < -0.4 is 14.6 Å². The molecule has 1 aliphatic rings. The summed E-state index contributed by atoms with van der Waals surface area (Å²) in [6.07, 6.45) is 1.70. The number of benzene rings is 2. The van der Waals surface area contributed by atoms with Gasteiger partial charge in [-0.3, -0.25) is 4.79 Å². The van der Waals surface area contributed by atoms with E-state index in [1.54, 1.807) is 30.3 Å². The van der Waals surface area contributed by atoms with Gasteiger partial charge in [-0.1, -0.05) is 6.07 Å². The van der Waals surface area contributed by atoms with Crippen molar-refractivity contribution in [3.8, 4) is 11.5 Å². The van der Waals surface area contributed by atoms with Crippen molar-refractivity contribution < 1.29 is 28.6 Å². The molecule has 5 nitrogen and oxygen atoms in total. The second-order valence-electron chi connectivity index (χ2n) is 5.50. The van der Waals surface area contributed by atoms with E-state index in [0.717, 1.165) is 4.90 Å². The third-order valence-electron chi connectivity index (χ3n) is 3.74. The van der Waals surface area contributed by atoms with E-state index in [4.69, 9.17) is 9.47 Å². The molecule has 0 radical (unpaired) electrons. The van der Waals surface area contributed by atoms with Crippen LogP contribution in [0.2, 0.25) is 0 Å². The third kappa shape index (κ3) is 3.88. The summed E-state index contributed by atoms with van der Waals surface area (Å²) in [5, 5.41) is 10.5. The van der Waals surface area contributed by atoms with E-state index in [1.165, 1.54) is 31.0 Å². The Hall–Kier alpha value is -2.80. The highest BCUT2D eigenvalue weighted by Gasteiger charge is 2.23. The fraction of sp³-hybridized carbons (Fsp3) is 0.158. The molecule has 0 N–H and O–H groups in total. The number of ketones is 1. The van der Waals surface area contributed by atoms with Gasteiger partial charge in [-0.15, -0.1) is 11.8 Å². The second kappa shape index (κ2) is 7.61. The molecule has 0 saturated carbocycles. The molecule has 0 bridgehead atoms. The number of hydrogen-bond donors (Lipinski definition) is 0. The number of rotatable bonds is 5. The SMILES string of the molecule is COc1cc(/C=C2\CSc3ccc(F)cc3C2=O)ccc1OCC(=O)[O-]. The lowest BCUT2D eigenvalue weighted by Gasteiger charge is -2.17. The molecule has 0 amide bonds. The van der Waals surface area contributed by atoms with Crippen LogP contribution in [0.15, 0.2) is 46.9 Å². The zero-order valence-corrected chi connectivity index (χ0v) is 14.6. The highest BCUT2D eigenvalue weighted by molar-refractivity contribution is 7.99. The summed E-state index contributed by atoms with van der Waals surface area (Å²) in [6.45, 7) is -0.589. The number of carbonyl (C=O) groups excluding carboxylic acids is 2. The predicted molar refractivity (Wildman–Crippen MR) is 92.9 cm³/mol. The van der Waals surface area contributed by atoms with E-state index >= 15 is 0 Å². The Morgan fingerprint density at radius 3 is 2.81 bits per heavy atom. The molecule has 1 heterocycles. The van der Waals surface area contributed by atoms with E-state index in [0.29, 0.717) is 28.2 Å². The fourth-order valence-corrected chi connectivity index (χ4v) is 3.53. The van der Waals surface area contributed by atoms with Gasteiger partial charge in [0.05, 0.1) is 13.1 Å². The molecule has 134 valence electrons. The minimum Gasteiger partial charge on any atom is -0.546 e. The number of aliphatic carboxylic acids is 1. The van der Waals surface area contributed by atoms with Crippen LogP contribution in [-0.4, -0.2) is 31.2 Å². The maximum absolute atomic E-state index is 13.4. The topological polar surface area (TPSA) is 75.7 Å². The Bertz CT molecular complexity index is 907. The first-order valence-electron chi connectivity index (χ1n) is 7.66. The average molecular weight is 373 g/mol. The molecule has 0 unspecified atom stereocenters. The first kappa shape index (κ1) is 18.0. The summed E-state index contributed by atoms with van der Waals surface area (Å²) in [5.74, 6) is -0.931. The molecular formula is C19H14FO5S-. The van der Waals surface area contributed by atoms with Crippen LogP contribution in [0.4, 0.5) is 4.39 Å². The van der Waals surface area contributed by atoms with Gasteiger partial charge in [-0.2, -0.15) is 0 Å².